The molecule has 0 spiro atoms. The van der Waals surface area contributed by atoms with Crippen molar-refractivity contribution in [2.75, 3.05) is 13.1 Å². The molecule has 0 fully saturated rings. The Morgan fingerprint density at radius 3 is 2.13 bits per heavy atom. The Morgan fingerprint density at radius 1 is 1.03 bits per heavy atom. The number of nitrogens with one attached hydrogen (secondary N) is 3. The van der Waals surface area contributed by atoms with E-state index in [0.29, 0.717) is 0 Å². The minimum atomic E-state index is -1.50. The summed E-state index contributed by atoms with van der Waals surface area (Å²) < 4.78 is 0. The molecule has 0 saturated heterocycles. The predicted molar refractivity (Wildman–Crippen MR) is 108 cm³/mol. The normalized spacial score (nSPS) is 14.3. The van der Waals surface area contributed by atoms with E-state index in [-0.39, 0.29) is 25.3 Å². The van der Waals surface area contributed by atoms with Crippen LogP contribution in [0.5, 0.6) is 0 Å². The summed E-state index contributed by atoms with van der Waals surface area (Å²) in [7, 11) is 0. The Bertz CT molecular complexity index is 693. The molecule has 176 valence electrons. The Kier molecular flexibility index (Phi) is 12.2. The lowest BCUT2D eigenvalue weighted by Crippen LogP contribution is -2.57. The topological polar surface area (TPSA) is 278 Å². The van der Waals surface area contributed by atoms with Crippen LogP contribution in [-0.4, -0.2) is 83.1 Å². The first-order chi connectivity index (χ1) is 14.3. The zero-order valence-electron chi connectivity index (χ0n) is 17.0. The molecule has 0 saturated carbocycles. The number of amides is 4. The van der Waals surface area contributed by atoms with Crippen LogP contribution >= 0.6 is 0 Å². The number of aliphatic carboxylic acids is 1. The second kappa shape index (κ2) is 13.7. The van der Waals surface area contributed by atoms with Crippen molar-refractivity contribution in [3.63, 3.8) is 0 Å². The molecule has 0 radical (unpaired) electrons. The molecule has 0 aromatic rings. The summed E-state index contributed by atoms with van der Waals surface area (Å²) in [5, 5.41) is 25.6. The van der Waals surface area contributed by atoms with Crippen molar-refractivity contribution in [2.45, 2.75) is 50.4 Å². The van der Waals surface area contributed by atoms with Gasteiger partial charge in [0.25, 0.3) is 0 Å². The van der Waals surface area contributed by atoms with E-state index in [1.54, 1.807) is 0 Å². The largest absolute Gasteiger partial charge is 0.480 e. The van der Waals surface area contributed by atoms with Crippen molar-refractivity contribution >= 4 is 35.6 Å². The molecule has 0 aliphatic carbocycles. The van der Waals surface area contributed by atoms with Gasteiger partial charge >= 0.3 is 5.97 Å². The molecule has 15 nitrogen and oxygen atoms in total. The first kappa shape index (κ1) is 27.5. The first-order valence-corrected chi connectivity index (χ1v) is 9.22. The average Bonchev–Trinajstić information content (AvgIpc) is 2.64. The van der Waals surface area contributed by atoms with E-state index >= 15 is 0 Å². The van der Waals surface area contributed by atoms with Crippen LogP contribution in [0.25, 0.3) is 0 Å². The minimum absolute atomic E-state index is 0.00780. The maximum Gasteiger partial charge on any atom is 0.326 e. The van der Waals surface area contributed by atoms with Crippen LogP contribution in [0.1, 0.15) is 26.2 Å². The van der Waals surface area contributed by atoms with Crippen molar-refractivity contribution in [3.8, 4) is 0 Å². The minimum Gasteiger partial charge on any atom is -0.480 e. The van der Waals surface area contributed by atoms with Gasteiger partial charge in [0.15, 0.2) is 5.96 Å². The van der Waals surface area contributed by atoms with E-state index in [0.717, 1.165) is 0 Å². The molecule has 0 heterocycles. The summed E-state index contributed by atoms with van der Waals surface area (Å²) in [6.07, 6.45) is -1.57. The maximum absolute atomic E-state index is 12.4. The summed E-state index contributed by atoms with van der Waals surface area (Å²) >= 11 is 0. The van der Waals surface area contributed by atoms with Gasteiger partial charge in [-0.15, -0.1) is 0 Å². The Morgan fingerprint density at radius 2 is 1.65 bits per heavy atom. The van der Waals surface area contributed by atoms with E-state index in [1.807, 2.05) is 0 Å². The van der Waals surface area contributed by atoms with Crippen molar-refractivity contribution in [3.05, 3.63) is 0 Å². The Balaban J connectivity index is 4.82. The van der Waals surface area contributed by atoms with Gasteiger partial charge in [-0.2, -0.15) is 0 Å². The van der Waals surface area contributed by atoms with Gasteiger partial charge in [0.2, 0.25) is 23.6 Å². The molecule has 0 aliphatic rings. The fraction of sp³-hybridized carbons (Fsp3) is 0.625. The van der Waals surface area contributed by atoms with E-state index < -0.39 is 66.8 Å². The number of carbonyl (C=O) groups excluding carboxylic acids is 4. The van der Waals surface area contributed by atoms with Crippen molar-refractivity contribution in [1.82, 2.24) is 16.0 Å². The standard InChI is InChI=1S/C16H30N8O7/c1-7(25)12(24-11(27)6-22-13(28)8(17)5-10(18)26)14(29)23-9(15(30)31)3-2-4-21-16(19)20/h7-9,12,25H,2-6,17H2,1H3,(H2,18,26)(H,22,28)(H,23,29)(H,24,27)(H,30,31)(H4,19,20,21). The number of aliphatic hydroxyl groups is 1. The summed E-state index contributed by atoms with van der Waals surface area (Å²) in [4.78, 5) is 61.9. The van der Waals surface area contributed by atoms with E-state index in [4.69, 9.17) is 22.9 Å². The Labute approximate surface area is 178 Å². The third-order valence-corrected chi connectivity index (χ3v) is 3.82. The van der Waals surface area contributed by atoms with E-state index in [9.17, 15) is 34.2 Å². The molecule has 0 rings (SSSR count). The number of aliphatic imine (C=N–C) groups is 1. The highest BCUT2D eigenvalue weighted by Gasteiger charge is 2.29. The smallest absolute Gasteiger partial charge is 0.326 e. The number of carbonyl (C=O) groups is 5. The monoisotopic (exact) mass is 446 g/mol. The van der Waals surface area contributed by atoms with Crippen molar-refractivity contribution < 1.29 is 34.2 Å². The molecule has 4 unspecified atom stereocenters. The fourth-order valence-electron chi connectivity index (χ4n) is 2.26. The average molecular weight is 446 g/mol. The van der Waals surface area contributed by atoms with Gasteiger partial charge in [0.1, 0.15) is 12.1 Å². The van der Waals surface area contributed by atoms with E-state index in [1.165, 1.54) is 6.92 Å². The van der Waals surface area contributed by atoms with E-state index in [2.05, 4.69) is 20.9 Å². The van der Waals surface area contributed by atoms with Gasteiger partial charge in [0.05, 0.1) is 25.1 Å². The second-order valence-corrected chi connectivity index (χ2v) is 6.63. The molecule has 31 heavy (non-hydrogen) atoms. The van der Waals surface area contributed by atoms with Crippen LogP contribution in [0.15, 0.2) is 4.99 Å². The highest BCUT2D eigenvalue weighted by atomic mass is 16.4. The third-order valence-electron chi connectivity index (χ3n) is 3.82. The number of rotatable bonds is 14. The number of aliphatic hydroxyl groups excluding tert-OH is 1. The number of nitrogens with two attached hydrogens (primary N) is 4. The van der Waals surface area contributed by atoms with Gasteiger partial charge in [-0.3, -0.25) is 24.2 Å². The highest BCUT2D eigenvalue weighted by molar-refractivity contribution is 5.93. The first-order valence-electron chi connectivity index (χ1n) is 9.22. The van der Waals surface area contributed by atoms with Gasteiger partial charge in [-0.05, 0) is 19.8 Å². The molecule has 0 aliphatic heterocycles. The molecule has 0 aromatic heterocycles. The lowest BCUT2D eigenvalue weighted by atomic mass is 10.1. The van der Waals surface area contributed by atoms with Crippen molar-refractivity contribution in [2.24, 2.45) is 27.9 Å². The summed E-state index contributed by atoms with van der Waals surface area (Å²) in [6, 6.07) is -4.06. The number of carboxylic acids is 1. The lowest BCUT2D eigenvalue weighted by Gasteiger charge is -2.23. The second-order valence-electron chi connectivity index (χ2n) is 6.63. The van der Waals surface area contributed by atoms with Crippen LogP contribution in [-0.2, 0) is 24.0 Å². The SMILES string of the molecule is CC(O)C(NC(=O)CNC(=O)C(N)CC(N)=O)C(=O)NC(CCCN=C(N)N)C(=O)O. The zero-order valence-corrected chi connectivity index (χ0v) is 17.0. The molecule has 0 aromatic carbocycles. The number of hydrogen-bond acceptors (Lipinski definition) is 8. The van der Waals surface area contributed by atoms with Gasteiger partial charge in [-0.25, -0.2) is 4.79 Å². The summed E-state index contributed by atoms with van der Waals surface area (Å²) in [5.41, 5.74) is 20.7. The molecule has 0 bridgehead atoms. The van der Waals surface area contributed by atoms with Gasteiger partial charge < -0.3 is 49.1 Å². The predicted octanol–water partition coefficient (Wildman–Crippen LogP) is -5.21. The van der Waals surface area contributed by atoms with Gasteiger partial charge in [0, 0.05) is 6.54 Å². The zero-order chi connectivity index (χ0) is 24.1. The molecule has 15 heteroatoms. The number of carboxylic acid groups (broad SMARTS) is 1. The molecule has 4 atom stereocenters. The number of primary amides is 1. The summed E-state index contributed by atoms with van der Waals surface area (Å²) in [6.45, 7) is 0.749. The van der Waals surface area contributed by atoms with Crippen LogP contribution in [0, 0.1) is 0 Å². The fourth-order valence-corrected chi connectivity index (χ4v) is 2.26. The number of hydrogen-bond donors (Lipinski definition) is 9. The number of guanidine groups is 1. The van der Waals surface area contributed by atoms with Crippen LogP contribution in [0.2, 0.25) is 0 Å². The summed E-state index contributed by atoms with van der Waals surface area (Å²) in [5.74, 6) is -4.92. The van der Waals surface area contributed by atoms with Gasteiger partial charge in [-0.1, -0.05) is 0 Å². The Hall–Kier alpha value is -3.46. The molecular weight excluding hydrogens is 416 g/mol. The third kappa shape index (κ3) is 12.0. The van der Waals surface area contributed by atoms with Crippen LogP contribution in [0.4, 0.5) is 0 Å². The van der Waals surface area contributed by atoms with Crippen LogP contribution < -0.4 is 38.9 Å². The quantitative estimate of drug-likeness (QED) is 0.0694. The van der Waals surface area contributed by atoms with Crippen LogP contribution in [0.3, 0.4) is 0 Å². The number of nitrogens with zero attached hydrogens (tertiary/aromatic N) is 1. The molecule has 13 N–H and O–H groups in total. The lowest BCUT2D eigenvalue weighted by molar-refractivity contribution is -0.143. The molecule has 4 amide bonds. The maximum atomic E-state index is 12.4. The molecular formula is C16H30N8O7. The highest BCUT2D eigenvalue weighted by Crippen LogP contribution is 2.01. The van der Waals surface area contributed by atoms with Crippen molar-refractivity contribution in [1.29, 1.82) is 0 Å².